The molecular weight excluding hydrogens is 404 g/mol. The van der Waals surface area contributed by atoms with E-state index in [4.69, 9.17) is 5.73 Å². The lowest BCUT2D eigenvalue weighted by atomic mass is 9.99. The molecule has 1 aromatic carbocycles. The highest BCUT2D eigenvalue weighted by Gasteiger charge is 2.21. The van der Waals surface area contributed by atoms with E-state index >= 15 is 0 Å². The lowest BCUT2D eigenvalue weighted by Gasteiger charge is -2.13. The summed E-state index contributed by atoms with van der Waals surface area (Å²) in [4.78, 5) is 22.3. The highest BCUT2D eigenvalue weighted by Crippen LogP contribution is 2.34. The first-order valence-electron chi connectivity index (χ1n) is 10.3. The highest BCUT2D eigenvalue weighted by atomic mass is 16.2. The number of aryl methyl sites for hydroxylation is 4. The normalized spacial score (nSPS) is 11.3. The van der Waals surface area contributed by atoms with Crippen molar-refractivity contribution >= 4 is 11.6 Å². The summed E-state index contributed by atoms with van der Waals surface area (Å²) in [7, 11) is 0. The van der Waals surface area contributed by atoms with Crippen molar-refractivity contribution in [1.82, 2.24) is 33.9 Å². The van der Waals surface area contributed by atoms with E-state index < -0.39 is 0 Å². The number of hydrogen-bond acceptors (Lipinski definition) is 6. The van der Waals surface area contributed by atoms with Crippen LogP contribution in [0.15, 0.2) is 65.7 Å². The van der Waals surface area contributed by atoms with Gasteiger partial charge in [0, 0.05) is 29.3 Å². The number of nitrogen functional groups attached to an aromatic ring is 1. The predicted molar refractivity (Wildman–Crippen MR) is 122 cm³/mol. The number of aromatic nitrogens is 7. The SMILES string of the molecule is Cc1cc(-c2c(-c3ccccc3)nc(N)n3c(=O)n(CCn4cccn4)nc23)cc(C)n1. The summed E-state index contributed by atoms with van der Waals surface area (Å²) >= 11 is 0. The van der Waals surface area contributed by atoms with Gasteiger partial charge in [-0.15, -0.1) is 5.10 Å². The van der Waals surface area contributed by atoms with Crippen LogP contribution in [0.1, 0.15) is 11.4 Å². The zero-order chi connectivity index (χ0) is 22.2. The van der Waals surface area contributed by atoms with Crippen LogP contribution in [0.5, 0.6) is 0 Å². The summed E-state index contributed by atoms with van der Waals surface area (Å²) in [5, 5.41) is 8.87. The van der Waals surface area contributed by atoms with Crippen LogP contribution in [0.2, 0.25) is 0 Å². The number of rotatable bonds is 5. The van der Waals surface area contributed by atoms with E-state index in [-0.39, 0.29) is 11.6 Å². The molecule has 0 unspecified atom stereocenters. The van der Waals surface area contributed by atoms with E-state index in [1.807, 2.05) is 68.6 Å². The molecule has 4 aromatic heterocycles. The Balaban J connectivity index is 1.77. The van der Waals surface area contributed by atoms with Crippen LogP contribution >= 0.6 is 0 Å². The standard InChI is InChI=1S/C23H22N8O/c1-15-13-18(14-16(2)26-15)19-20(17-7-4-3-5-8-17)27-22(24)31-21(19)28-30(23(31)32)12-11-29-10-6-9-25-29/h3-10,13-14H,11-12H2,1-2H3,(H2,24,27). The molecule has 0 bridgehead atoms. The second kappa shape index (κ2) is 7.77. The number of nitrogens with two attached hydrogens (primary N) is 1. The maximum Gasteiger partial charge on any atom is 0.353 e. The van der Waals surface area contributed by atoms with Crippen molar-refractivity contribution < 1.29 is 0 Å². The van der Waals surface area contributed by atoms with Gasteiger partial charge in [-0.3, -0.25) is 9.67 Å². The van der Waals surface area contributed by atoms with E-state index in [0.717, 1.165) is 28.1 Å². The van der Waals surface area contributed by atoms with Crippen molar-refractivity contribution in [3.05, 3.63) is 82.8 Å². The molecule has 9 nitrogen and oxygen atoms in total. The van der Waals surface area contributed by atoms with E-state index in [1.165, 1.54) is 9.08 Å². The Kier molecular flexibility index (Phi) is 4.78. The lowest BCUT2D eigenvalue weighted by Crippen LogP contribution is -2.25. The fourth-order valence-corrected chi connectivity index (χ4v) is 3.93. The largest absolute Gasteiger partial charge is 0.369 e. The van der Waals surface area contributed by atoms with E-state index in [9.17, 15) is 4.79 Å². The van der Waals surface area contributed by atoms with Gasteiger partial charge >= 0.3 is 5.69 Å². The van der Waals surface area contributed by atoms with E-state index in [1.54, 1.807) is 10.9 Å². The topological polar surface area (TPSA) is 109 Å². The number of pyridine rings is 1. The van der Waals surface area contributed by atoms with Crippen molar-refractivity contribution in [1.29, 1.82) is 0 Å². The molecule has 0 amide bonds. The van der Waals surface area contributed by atoms with Crippen molar-refractivity contribution in [2.24, 2.45) is 0 Å². The quantitative estimate of drug-likeness (QED) is 0.463. The highest BCUT2D eigenvalue weighted by molar-refractivity contribution is 5.90. The fourth-order valence-electron chi connectivity index (χ4n) is 3.93. The van der Waals surface area contributed by atoms with Crippen LogP contribution in [0.25, 0.3) is 28.0 Å². The number of hydrogen-bond donors (Lipinski definition) is 1. The molecule has 0 atom stereocenters. The van der Waals surface area contributed by atoms with Gasteiger partial charge in [0.1, 0.15) is 0 Å². The average Bonchev–Trinajstić information content (AvgIpc) is 3.40. The van der Waals surface area contributed by atoms with Crippen LogP contribution in [-0.4, -0.2) is 33.9 Å². The number of anilines is 1. The zero-order valence-electron chi connectivity index (χ0n) is 17.8. The Bertz CT molecular complexity index is 1450. The molecule has 4 heterocycles. The van der Waals surface area contributed by atoms with Crippen molar-refractivity contribution in [2.75, 3.05) is 5.73 Å². The summed E-state index contributed by atoms with van der Waals surface area (Å²) in [6, 6.07) is 15.6. The fraction of sp³-hybridized carbons (Fsp3) is 0.174. The Labute approximate surface area is 183 Å². The van der Waals surface area contributed by atoms with Crippen LogP contribution in [0.4, 0.5) is 5.95 Å². The minimum atomic E-state index is -0.333. The summed E-state index contributed by atoms with van der Waals surface area (Å²) in [6.07, 6.45) is 3.55. The van der Waals surface area contributed by atoms with Crippen LogP contribution in [0, 0.1) is 13.8 Å². The molecule has 0 saturated carbocycles. The smallest absolute Gasteiger partial charge is 0.353 e. The predicted octanol–water partition coefficient (Wildman–Crippen LogP) is 2.72. The van der Waals surface area contributed by atoms with Gasteiger partial charge in [-0.05, 0) is 37.6 Å². The average molecular weight is 426 g/mol. The third-order valence-electron chi connectivity index (χ3n) is 5.27. The van der Waals surface area contributed by atoms with Gasteiger partial charge in [-0.1, -0.05) is 30.3 Å². The molecule has 32 heavy (non-hydrogen) atoms. The molecule has 5 aromatic rings. The second-order valence-corrected chi connectivity index (χ2v) is 7.63. The summed E-state index contributed by atoms with van der Waals surface area (Å²) < 4.78 is 4.54. The third kappa shape index (κ3) is 3.43. The van der Waals surface area contributed by atoms with Crippen molar-refractivity contribution in [3.8, 4) is 22.4 Å². The molecule has 0 radical (unpaired) electrons. The summed E-state index contributed by atoms with van der Waals surface area (Å²) in [5.41, 5.74) is 11.3. The first-order valence-corrected chi connectivity index (χ1v) is 10.3. The third-order valence-corrected chi connectivity index (χ3v) is 5.27. The monoisotopic (exact) mass is 426 g/mol. The van der Waals surface area contributed by atoms with Gasteiger partial charge in [0.15, 0.2) is 5.65 Å². The molecule has 2 N–H and O–H groups in total. The summed E-state index contributed by atoms with van der Waals surface area (Å²) in [6.45, 7) is 4.75. The molecule has 5 rings (SSSR count). The minimum Gasteiger partial charge on any atom is -0.369 e. The van der Waals surface area contributed by atoms with Crippen LogP contribution < -0.4 is 11.4 Å². The Morgan fingerprint density at radius 2 is 1.69 bits per heavy atom. The zero-order valence-corrected chi connectivity index (χ0v) is 17.8. The Hall–Kier alpha value is -4.27. The molecule has 0 aliphatic heterocycles. The number of fused-ring (bicyclic) bond motifs is 1. The first kappa shape index (κ1) is 19.7. The minimum absolute atomic E-state index is 0.0976. The van der Waals surface area contributed by atoms with Crippen molar-refractivity contribution in [3.63, 3.8) is 0 Å². The van der Waals surface area contributed by atoms with Gasteiger partial charge in [0.25, 0.3) is 0 Å². The lowest BCUT2D eigenvalue weighted by molar-refractivity contribution is 0.489. The van der Waals surface area contributed by atoms with Gasteiger partial charge in [0.05, 0.1) is 24.3 Å². The molecular formula is C23H22N8O. The second-order valence-electron chi connectivity index (χ2n) is 7.63. The molecule has 9 heteroatoms. The van der Waals surface area contributed by atoms with Crippen molar-refractivity contribution in [2.45, 2.75) is 26.9 Å². The van der Waals surface area contributed by atoms with Gasteiger partial charge in [0.2, 0.25) is 5.95 Å². The summed E-state index contributed by atoms with van der Waals surface area (Å²) in [5.74, 6) is 0.0976. The number of nitrogens with zero attached hydrogens (tertiary/aromatic N) is 7. The van der Waals surface area contributed by atoms with E-state index in [2.05, 4.69) is 20.2 Å². The molecule has 0 fully saturated rings. The Morgan fingerprint density at radius 3 is 2.38 bits per heavy atom. The molecule has 160 valence electrons. The van der Waals surface area contributed by atoms with Gasteiger partial charge in [-0.25, -0.2) is 18.9 Å². The van der Waals surface area contributed by atoms with Crippen LogP contribution in [0.3, 0.4) is 0 Å². The molecule has 0 aliphatic rings. The molecule has 0 spiro atoms. The maximum absolute atomic E-state index is 13.2. The van der Waals surface area contributed by atoms with Gasteiger partial charge in [-0.2, -0.15) is 5.10 Å². The molecule has 0 aliphatic carbocycles. The first-order chi connectivity index (χ1) is 15.5. The Morgan fingerprint density at radius 1 is 0.938 bits per heavy atom. The van der Waals surface area contributed by atoms with Crippen LogP contribution in [-0.2, 0) is 13.1 Å². The number of benzene rings is 1. The van der Waals surface area contributed by atoms with Gasteiger partial charge < -0.3 is 5.73 Å². The molecule has 0 saturated heterocycles. The van der Waals surface area contributed by atoms with E-state index in [0.29, 0.717) is 24.4 Å². The maximum atomic E-state index is 13.2.